The predicted molar refractivity (Wildman–Crippen MR) is 59.3 cm³/mol. The van der Waals surface area contributed by atoms with Crippen molar-refractivity contribution >= 4 is 0 Å². The smallest absolute Gasteiger partial charge is 0.165 e. The molecule has 1 rings (SSSR count). The van der Waals surface area contributed by atoms with Gasteiger partial charge >= 0.3 is 0 Å². The van der Waals surface area contributed by atoms with Crippen molar-refractivity contribution in [3.05, 3.63) is 29.6 Å². The summed E-state index contributed by atoms with van der Waals surface area (Å²) in [5.74, 6) is -0.0715. The number of rotatable bonds is 7. The van der Waals surface area contributed by atoms with Crippen molar-refractivity contribution in [1.82, 2.24) is 0 Å². The van der Waals surface area contributed by atoms with Gasteiger partial charge in [0.25, 0.3) is 0 Å². The fourth-order valence-electron chi connectivity index (χ4n) is 1.18. The zero-order valence-corrected chi connectivity index (χ0v) is 9.66. The lowest BCUT2D eigenvalue weighted by molar-refractivity contribution is 0.0538. The molecule has 0 bridgehead atoms. The van der Waals surface area contributed by atoms with Crippen LogP contribution in [0, 0.1) is 12.7 Å². The van der Waals surface area contributed by atoms with Crippen LogP contribution in [-0.4, -0.2) is 33.5 Å². The van der Waals surface area contributed by atoms with E-state index in [0.29, 0.717) is 26.4 Å². The van der Waals surface area contributed by atoms with Crippen molar-refractivity contribution in [2.24, 2.45) is 0 Å². The summed E-state index contributed by atoms with van der Waals surface area (Å²) in [6, 6.07) is 4.78. The third-order valence-electron chi connectivity index (χ3n) is 2.00. The Kier molecular flexibility index (Phi) is 5.82. The zero-order valence-electron chi connectivity index (χ0n) is 9.66. The Morgan fingerprint density at radius 1 is 1.12 bits per heavy atom. The summed E-state index contributed by atoms with van der Waals surface area (Å²) < 4.78 is 28.5. The molecule has 3 nitrogen and oxygen atoms in total. The lowest BCUT2D eigenvalue weighted by Gasteiger charge is -2.08. The van der Waals surface area contributed by atoms with Crippen LogP contribution in [-0.2, 0) is 9.47 Å². The Morgan fingerprint density at radius 3 is 2.62 bits per heavy atom. The Labute approximate surface area is 95.1 Å². The third kappa shape index (κ3) is 4.59. The molecule has 0 spiro atoms. The van der Waals surface area contributed by atoms with Crippen LogP contribution >= 0.6 is 0 Å². The lowest BCUT2D eigenvalue weighted by atomic mass is 10.2. The molecule has 16 heavy (non-hydrogen) atoms. The molecule has 1 aromatic carbocycles. The molecule has 0 amide bonds. The topological polar surface area (TPSA) is 27.7 Å². The molecule has 0 unspecified atom stereocenters. The average molecular weight is 228 g/mol. The molecule has 0 aromatic heterocycles. The summed E-state index contributed by atoms with van der Waals surface area (Å²) in [6.45, 7) is 3.73. The van der Waals surface area contributed by atoms with E-state index in [9.17, 15) is 4.39 Å². The summed E-state index contributed by atoms with van der Waals surface area (Å²) in [7, 11) is 1.61. The first kappa shape index (κ1) is 12.9. The lowest BCUT2D eigenvalue weighted by Crippen LogP contribution is -2.10. The Morgan fingerprint density at radius 2 is 1.88 bits per heavy atom. The van der Waals surface area contributed by atoms with Gasteiger partial charge < -0.3 is 14.2 Å². The first-order valence-corrected chi connectivity index (χ1v) is 5.19. The predicted octanol–water partition coefficient (Wildman–Crippen LogP) is 2.18. The van der Waals surface area contributed by atoms with Crippen LogP contribution in [0.1, 0.15) is 5.56 Å². The van der Waals surface area contributed by atoms with Crippen LogP contribution in [0.2, 0.25) is 0 Å². The maximum atomic E-state index is 13.2. The molecule has 0 atom stereocenters. The monoisotopic (exact) mass is 228 g/mol. The molecule has 4 heteroatoms. The highest BCUT2D eigenvalue weighted by molar-refractivity contribution is 5.29. The number of methoxy groups -OCH3 is 1. The number of ether oxygens (including phenoxy) is 3. The van der Waals surface area contributed by atoms with Gasteiger partial charge in [-0.05, 0) is 24.6 Å². The Bertz CT molecular complexity index is 315. The average Bonchev–Trinajstić information content (AvgIpc) is 2.28. The molecule has 0 radical (unpaired) electrons. The standard InChI is InChI=1S/C12H17FO3/c1-10-3-4-11(13)12(9-10)16-8-7-15-6-5-14-2/h3-4,9H,5-8H2,1-2H3. The number of aryl methyl sites for hydroxylation is 1. The molecule has 0 N–H and O–H groups in total. The first-order chi connectivity index (χ1) is 7.74. The highest BCUT2D eigenvalue weighted by Crippen LogP contribution is 2.17. The summed E-state index contributed by atoms with van der Waals surface area (Å²) >= 11 is 0. The van der Waals surface area contributed by atoms with Gasteiger partial charge in [-0.2, -0.15) is 0 Å². The molecule has 0 fully saturated rings. The van der Waals surface area contributed by atoms with Crippen LogP contribution < -0.4 is 4.74 Å². The van der Waals surface area contributed by atoms with Crippen LogP contribution in [0.5, 0.6) is 5.75 Å². The van der Waals surface area contributed by atoms with Gasteiger partial charge in [-0.15, -0.1) is 0 Å². The van der Waals surface area contributed by atoms with Gasteiger partial charge in [0.05, 0.1) is 19.8 Å². The zero-order chi connectivity index (χ0) is 11.8. The molecular weight excluding hydrogens is 211 g/mol. The van der Waals surface area contributed by atoms with Crippen LogP contribution in [0.25, 0.3) is 0 Å². The van der Waals surface area contributed by atoms with E-state index in [1.807, 2.05) is 6.92 Å². The van der Waals surface area contributed by atoms with Crippen LogP contribution in [0.15, 0.2) is 18.2 Å². The van der Waals surface area contributed by atoms with Gasteiger partial charge in [0, 0.05) is 7.11 Å². The fraction of sp³-hybridized carbons (Fsp3) is 0.500. The van der Waals surface area contributed by atoms with E-state index in [4.69, 9.17) is 14.2 Å². The minimum atomic E-state index is -0.345. The second-order valence-electron chi connectivity index (χ2n) is 3.39. The third-order valence-corrected chi connectivity index (χ3v) is 2.00. The minimum Gasteiger partial charge on any atom is -0.488 e. The van der Waals surface area contributed by atoms with Gasteiger partial charge in [-0.3, -0.25) is 0 Å². The van der Waals surface area contributed by atoms with Crippen molar-refractivity contribution in [1.29, 1.82) is 0 Å². The number of hydrogen-bond donors (Lipinski definition) is 0. The van der Waals surface area contributed by atoms with Gasteiger partial charge in [-0.1, -0.05) is 6.07 Å². The van der Waals surface area contributed by atoms with Crippen molar-refractivity contribution in [2.45, 2.75) is 6.92 Å². The summed E-state index contributed by atoms with van der Waals surface area (Å²) in [4.78, 5) is 0. The van der Waals surface area contributed by atoms with Crippen LogP contribution in [0.4, 0.5) is 4.39 Å². The van der Waals surface area contributed by atoms with Crippen molar-refractivity contribution in [3.8, 4) is 5.75 Å². The van der Waals surface area contributed by atoms with Gasteiger partial charge in [0.2, 0.25) is 0 Å². The molecule has 0 saturated heterocycles. The minimum absolute atomic E-state index is 0.273. The molecule has 0 saturated carbocycles. The maximum Gasteiger partial charge on any atom is 0.165 e. The van der Waals surface area contributed by atoms with E-state index < -0.39 is 0 Å². The van der Waals surface area contributed by atoms with Gasteiger partial charge in [0.15, 0.2) is 11.6 Å². The largest absolute Gasteiger partial charge is 0.488 e. The van der Waals surface area contributed by atoms with Gasteiger partial charge in [0.1, 0.15) is 6.61 Å². The summed E-state index contributed by atoms with van der Waals surface area (Å²) in [5.41, 5.74) is 0.969. The normalized spacial score (nSPS) is 10.4. The van der Waals surface area contributed by atoms with Crippen LogP contribution in [0.3, 0.4) is 0 Å². The maximum absolute atomic E-state index is 13.2. The van der Waals surface area contributed by atoms with Gasteiger partial charge in [-0.25, -0.2) is 4.39 Å². The molecular formula is C12H17FO3. The molecule has 0 aliphatic heterocycles. The first-order valence-electron chi connectivity index (χ1n) is 5.19. The number of benzene rings is 1. The van der Waals surface area contributed by atoms with Crippen molar-refractivity contribution < 1.29 is 18.6 Å². The molecule has 0 aliphatic carbocycles. The number of halogens is 1. The highest BCUT2D eigenvalue weighted by atomic mass is 19.1. The van der Waals surface area contributed by atoms with E-state index in [2.05, 4.69) is 0 Å². The highest BCUT2D eigenvalue weighted by Gasteiger charge is 2.02. The number of hydrogen-bond acceptors (Lipinski definition) is 3. The molecule has 1 aromatic rings. The second kappa shape index (κ2) is 7.19. The van der Waals surface area contributed by atoms with Crippen molar-refractivity contribution in [2.75, 3.05) is 33.5 Å². The summed E-state index contributed by atoms with van der Waals surface area (Å²) in [5, 5.41) is 0. The quantitative estimate of drug-likeness (QED) is 0.669. The Hall–Kier alpha value is -1.13. The van der Waals surface area contributed by atoms with E-state index >= 15 is 0 Å². The van der Waals surface area contributed by atoms with E-state index in [-0.39, 0.29) is 11.6 Å². The molecule has 0 heterocycles. The van der Waals surface area contributed by atoms with E-state index in [1.165, 1.54) is 6.07 Å². The molecule has 0 aliphatic rings. The van der Waals surface area contributed by atoms with E-state index in [1.54, 1.807) is 19.2 Å². The van der Waals surface area contributed by atoms with E-state index in [0.717, 1.165) is 5.56 Å². The SMILES string of the molecule is COCCOCCOc1cc(C)ccc1F. The summed E-state index contributed by atoms with van der Waals surface area (Å²) in [6.07, 6.45) is 0. The second-order valence-corrected chi connectivity index (χ2v) is 3.39. The fourth-order valence-corrected chi connectivity index (χ4v) is 1.18. The Balaban J connectivity index is 2.23. The molecule has 90 valence electrons. The van der Waals surface area contributed by atoms with Crippen molar-refractivity contribution in [3.63, 3.8) is 0 Å².